The van der Waals surface area contributed by atoms with E-state index >= 15 is 0 Å². The van der Waals surface area contributed by atoms with Gasteiger partial charge in [-0.15, -0.1) is 0 Å². The van der Waals surface area contributed by atoms with Crippen molar-refractivity contribution in [2.45, 2.75) is 13.1 Å². The van der Waals surface area contributed by atoms with Gasteiger partial charge in [-0.2, -0.15) is 0 Å². The van der Waals surface area contributed by atoms with Crippen LogP contribution in [0.5, 0.6) is 23.0 Å². The van der Waals surface area contributed by atoms with Crippen LogP contribution in [0.3, 0.4) is 0 Å². The largest absolute Gasteiger partial charge is 0.493 e. The highest BCUT2D eigenvalue weighted by atomic mass is 79.9. The smallest absolute Gasteiger partial charge is 0.161 e. The summed E-state index contributed by atoms with van der Waals surface area (Å²) in [4.78, 5) is 0. The summed E-state index contributed by atoms with van der Waals surface area (Å²) >= 11 is 3.57. The van der Waals surface area contributed by atoms with E-state index in [1.807, 2.05) is 30.3 Å². The molecule has 0 bridgehead atoms. The molecule has 1 N–H and O–H groups in total. The Labute approximate surface area is 151 Å². The molecular weight excluding hydrogens is 374 g/mol. The number of benzene rings is 2. The van der Waals surface area contributed by atoms with Gasteiger partial charge in [0.25, 0.3) is 0 Å². The second kappa shape index (κ2) is 8.80. The highest BCUT2D eigenvalue weighted by Crippen LogP contribution is 2.33. The fourth-order valence-electron chi connectivity index (χ4n) is 2.36. The predicted octanol–water partition coefficient (Wildman–Crippen LogP) is 3.77. The van der Waals surface area contributed by atoms with Crippen LogP contribution < -0.4 is 24.3 Å². The lowest BCUT2D eigenvalue weighted by atomic mass is 10.1. The molecule has 0 radical (unpaired) electrons. The van der Waals surface area contributed by atoms with Crippen LogP contribution in [0.1, 0.15) is 11.1 Å². The lowest BCUT2D eigenvalue weighted by Gasteiger charge is -2.13. The Morgan fingerprint density at radius 1 is 0.750 bits per heavy atom. The first-order chi connectivity index (χ1) is 11.6. The van der Waals surface area contributed by atoms with Gasteiger partial charge < -0.3 is 24.3 Å². The maximum Gasteiger partial charge on any atom is 0.161 e. The minimum Gasteiger partial charge on any atom is -0.493 e. The summed E-state index contributed by atoms with van der Waals surface area (Å²) < 4.78 is 22.2. The van der Waals surface area contributed by atoms with Crippen molar-refractivity contribution in [2.75, 3.05) is 28.4 Å². The van der Waals surface area contributed by atoms with E-state index in [0.717, 1.165) is 27.1 Å². The van der Waals surface area contributed by atoms with Crippen LogP contribution >= 0.6 is 15.9 Å². The van der Waals surface area contributed by atoms with Crippen LogP contribution in [-0.2, 0) is 13.1 Å². The summed E-state index contributed by atoms with van der Waals surface area (Å²) in [6.45, 7) is 1.40. The third kappa shape index (κ3) is 4.33. The molecule has 5 nitrogen and oxygen atoms in total. The second-order valence-corrected chi connectivity index (χ2v) is 5.95. The molecule has 6 heteroatoms. The summed E-state index contributed by atoms with van der Waals surface area (Å²) in [5.74, 6) is 2.87. The molecule has 0 unspecified atom stereocenters. The third-order valence-corrected chi connectivity index (χ3v) is 4.38. The van der Waals surface area contributed by atoms with Gasteiger partial charge in [0.1, 0.15) is 0 Å². The van der Waals surface area contributed by atoms with Gasteiger partial charge in [0.2, 0.25) is 0 Å². The van der Waals surface area contributed by atoms with Gasteiger partial charge in [-0.25, -0.2) is 0 Å². The molecule has 0 heterocycles. The fraction of sp³-hybridized carbons (Fsp3) is 0.333. The molecule has 0 aliphatic carbocycles. The fourth-order valence-corrected chi connectivity index (χ4v) is 2.83. The molecule has 2 rings (SSSR count). The van der Waals surface area contributed by atoms with Crippen LogP contribution in [0.4, 0.5) is 0 Å². The Hall–Kier alpha value is -1.92. The van der Waals surface area contributed by atoms with E-state index in [9.17, 15) is 0 Å². The molecule has 0 saturated carbocycles. The summed E-state index contributed by atoms with van der Waals surface area (Å²) in [5, 5.41) is 3.41. The Morgan fingerprint density at radius 3 is 1.96 bits per heavy atom. The van der Waals surface area contributed by atoms with Crippen LogP contribution in [0.15, 0.2) is 34.8 Å². The topological polar surface area (TPSA) is 49.0 Å². The van der Waals surface area contributed by atoms with Gasteiger partial charge in [-0.3, -0.25) is 0 Å². The number of methoxy groups -OCH3 is 4. The normalized spacial score (nSPS) is 10.4. The van der Waals surface area contributed by atoms with E-state index in [-0.39, 0.29) is 0 Å². The zero-order valence-electron chi connectivity index (χ0n) is 14.3. The Kier molecular flexibility index (Phi) is 6.75. The maximum atomic E-state index is 5.35. The van der Waals surface area contributed by atoms with Gasteiger partial charge in [-0.05, 0) is 35.4 Å². The number of halogens is 1. The van der Waals surface area contributed by atoms with Crippen molar-refractivity contribution in [3.05, 3.63) is 45.9 Å². The first-order valence-electron chi connectivity index (χ1n) is 7.45. The minimum atomic E-state index is 0.690. The Balaban J connectivity index is 2.04. The summed E-state index contributed by atoms with van der Waals surface area (Å²) in [6, 6.07) is 9.76. The van der Waals surface area contributed by atoms with Crippen molar-refractivity contribution in [1.82, 2.24) is 5.32 Å². The molecule has 0 spiro atoms. The number of rotatable bonds is 8. The van der Waals surface area contributed by atoms with Crippen LogP contribution in [0, 0.1) is 0 Å². The van der Waals surface area contributed by atoms with Gasteiger partial charge in [0.15, 0.2) is 23.0 Å². The van der Waals surface area contributed by atoms with Crippen molar-refractivity contribution < 1.29 is 18.9 Å². The van der Waals surface area contributed by atoms with Gasteiger partial charge in [0, 0.05) is 17.6 Å². The highest BCUT2D eigenvalue weighted by Gasteiger charge is 2.10. The molecular formula is C18H22BrNO4. The standard InChI is InChI=1S/C18H22BrNO4/c1-21-15-6-5-12(7-16(15)22-2)10-20-11-13-8-17(23-3)18(24-4)9-14(13)19/h5-9,20H,10-11H2,1-4H3. The molecule has 0 amide bonds. The molecule has 0 aliphatic heterocycles. The van der Waals surface area contributed by atoms with E-state index in [1.165, 1.54) is 0 Å². The Morgan fingerprint density at radius 2 is 1.33 bits per heavy atom. The minimum absolute atomic E-state index is 0.690. The molecule has 0 atom stereocenters. The van der Waals surface area contributed by atoms with E-state index in [1.54, 1.807) is 28.4 Å². The van der Waals surface area contributed by atoms with Crippen LogP contribution in [-0.4, -0.2) is 28.4 Å². The zero-order valence-corrected chi connectivity index (χ0v) is 15.9. The zero-order chi connectivity index (χ0) is 17.5. The first-order valence-corrected chi connectivity index (χ1v) is 8.24. The van der Waals surface area contributed by atoms with Crippen molar-refractivity contribution in [3.8, 4) is 23.0 Å². The predicted molar refractivity (Wildman–Crippen MR) is 97.3 cm³/mol. The highest BCUT2D eigenvalue weighted by molar-refractivity contribution is 9.10. The van der Waals surface area contributed by atoms with Gasteiger partial charge >= 0.3 is 0 Å². The molecule has 0 fully saturated rings. The molecule has 130 valence electrons. The van der Waals surface area contributed by atoms with Crippen molar-refractivity contribution in [3.63, 3.8) is 0 Å². The number of ether oxygens (including phenoxy) is 4. The summed E-state index contributed by atoms with van der Waals surface area (Å²) in [6.07, 6.45) is 0. The summed E-state index contributed by atoms with van der Waals surface area (Å²) in [7, 11) is 6.52. The molecule has 0 saturated heterocycles. The van der Waals surface area contributed by atoms with E-state index in [4.69, 9.17) is 18.9 Å². The maximum absolute atomic E-state index is 5.35. The molecule has 0 aromatic heterocycles. The van der Waals surface area contributed by atoms with Crippen molar-refractivity contribution in [1.29, 1.82) is 0 Å². The number of nitrogens with one attached hydrogen (secondary N) is 1. The molecule has 2 aromatic rings. The first kappa shape index (κ1) is 18.4. The number of hydrogen-bond donors (Lipinski definition) is 1. The molecule has 2 aromatic carbocycles. The average Bonchev–Trinajstić information content (AvgIpc) is 2.62. The van der Waals surface area contributed by atoms with E-state index in [0.29, 0.717) is 24.6 Å². The van der Waals surface area contributed by atoms with Gasteiger partial charge in [-0.1, -0.05) is 22.0 Å². The van der Waals surface area contributed by atoms with Crippen molar-refractivity contribution >= 4 is 15.9 Å². The van der Waals surface area contributed by atoms with E-state index in [2.05, 4.69) is 21.2 Å². The van der Waals surface area contributed by atoms with Gasteiger partial charge in [0.05, 0.1) is 28.4 Å². The third-order valence-electron chi connectivity index (χ3n) is 3.65. The monoisotopic (exact) mass is 395 g/mol. The second-order valence-electron chi connectivity index (χ2n) is 5.09. The SMILES string of the molecule is COc1ccc(CNCc2cc(OC)c(OC)cc2Br)cc1OC. The van der Waals surface area contributed by atoms with Crippen LogP contribution in [0.2, 0.25) is 0 Å². The quantitative estimate of drug-likeness (QED) is 0.736. The lowest BCUT2D eigenvalue weighted by Crippen LogP contribution is -2.13. The molecule has 0 aliphatic rings. The van der Waals surface area contributed by atoms with Crippen LogP contribution in [0.25, 0.3) is 0 Å². The number of hydrogen-bond acceptors (Lipinski definition) is 5. The van der Waals surface area contributed by atoms with Crippen molar-refractivity contribution in [2.24, 2.45) is 0 Å². The van der Waals surface area contributed by atoms with E-state index < -0.39 is 0 Å². The Bertz CT molecular complexity index is 691. The molecule has 24 heavy (non-hydrogen) atoms. The average molecular weight is 396 g/mol. The summed E-state index contributed by atoms with van der Waals surface area (Å²) in [5.41, 5.74) is 2.21. The lowest BCUT2D eigenvalue weighted by molar-refractivity contribution is 0.354.